The Kier molecular flexibility index (Phi) is 7.71. The van der Waals surface area contributed by atoms with Crippen molar-refractivity contribution in [1.29, 1.82) is 0 Å². The molecule has 0 aromatic heterocycles. The molecule has 0 amide bonds. The van der Waals surface area contributed by atoms with E-state index in [0.29, 0.717) is 11.3 Å². The fourth-order valence-corrected chi connectivity index (χ4v) is 1.24. The molecule has 0 aliphatic heterocycles. The molecule has 0 aliphatic rings. The van der Waals surface area contributed by atoms with E-state index in [-0.39, 0.29) is 42.6 Å². The van der Waals surface area contributed by atoms with Gasteiger partial charge in [-0.2, -0.15) is 0 Å². The van der Waals surface area contributed by atoms with E-state index in [1.807, 2.05) is 0 Å². The van der Waals surface area contributed by atoms with Crippen molar-refractivity contribution >= 4 is 36.5 Å². The molecular weight excluding hydrogens is 255 g/mol. The monoisotopic (exact) mass is 268 g/mol. The van der Waals surface area contributed by atoms with Gasteiger partial charge in [-0.1, -0.05) is 0 Å². The second-order valence-corrected chi connectivity index (χ2v) is 2.77. The van der Waals surface area contributed by atoms with Crippen LogP contribution in [0.1, 0.15) is 15.9 Å². The van der Waals surface area contributed by atoms with Gasteiger partial charge >= 0.3 is 5.97 Å². The van der Waals surface area contributed by atoms with E-state index in [1.54, 1.807) is 0 Å². The van der Waals surface area contributed by atoms with Crippen molar-refractivity contribution in [3.63, 3.8) is 0 Å². The number of carboxylic acids is 1. The maximum Gasteiger partial charge on any atom is 0.335 e. The van der Waals surface area contributed by atoms with Crippen molar-refractivity contribution in [3.8, 4) is 5.75 Å². The summed E-state index contributed by atoms with van der Waals surface area (Å²) in [5.74, 6) is -0.591. The topological polar surface area (TPSA) is 98.6 Å². The van der Waals surface area contributed by atoms with Crippen LogP contribution in [0.3, 0.4) is 0 Å². The Balaban J connectivity index is 0. The number of ether oxygens (including phenoxy) is 1. The minimum Gasteiger partial charge on any atom is -0.494 e. The van der Waals surface area contributed by atoms with E-state index in [4.69, 9.17) is 21.3 Å². The number of nitrogen functional groups attached to an aromatic ring is 1. The summed E-state index contributed by atoms with van der Waals surface area (Å²) in [4.78, 5) is 10.7. The van der Waals surface area contributed by atoms with Crippen molar-refractivity contribution in [2.75, 3.05) is 12.8 Å². The van der Waals surface area contributed by atoms with Crippen molar-refractivity contribution in [1.82, 2.24) is 0 Å². The molecule has 0 heterocycles. The lowest BCUT2D eigenvalue weighted by Crippen LogP contribution is -2.06. The molecule has 16 heavy (non-hydrogen) atoms. The average Bonchev–Trinajstić information content (AvgIpc) is 2.16. The molecule has 1 rings (SSSR count). The van der Waals surface area contributed by atoms with Gasteiger partial charge in [-0.25, -0.2) is 4.79 Å². The molecule has 1 aromatic rings. The zero-order chi connectivity index (χ0) is 10.7. The summed E-state index contributed by atoms with van der Waals surface area (Å²) < 4.78 is 5.00. The quantitative estimate of drug-likeness (QED) is 0.718. The molecule has 0 saturated heterocycles. The molecule has 0 fully saturated rings. The SMILES string of the molecule is COc1c(N)cc(C(=O)O)cc1CN.Cl.Cl. The molecule has 0 unspecified atom stereocenters. The van der Waals surface area contributed by atoms with E-state index in [9.17, 15) is 4.79 Å². The third-order valence-corrected chi connectivity index (χ3v) is 1.87. The number of benzene rings is 1. The van der Waals surface area contributed by atoms with Gasteiger partial charge in [-0.15, -0.1) is 24.8 Å². The van der Waals surface area contributed by atoms with Gasteiger partial charge in [0.2, 0.25) is 0 Å². The molecule has 1 aromatic carbocycles. The summed E-state index contributed by atoms with van der Waals surface area (Å²) in [7, 11) is 1.46. The Labute approximate surface area is 106 Å². The summed E-state index contributed by atoms with van der Waals surface area (Å²) in [6, 6.07) is 2.80. The van der Waals surface area contributed by atoms with Gasteiger partial charge in [-0.05, 0) is 12.1 Å². The normalized spacial score (nSPS) is 8.62. The van der Waals surface area contributed by atoms with Gasteiger partial charge in [0.25, 0.3) is 0 Å². The highest BCUT2D eigenvalue weighted by atomic mass is 35.5. The van der Waals surface area contributed by atoms with Crippen LogP contribution in [0.2, 0.25) is 0 Å². The van der Waals surface area contributed by atoms with Crippen molar-refractivity contribution in [2.45, 2.75) is 6.54 Å². The Morgan fingerprint density at radius 1 is 1.44 bits per heavy atom. The second kappa shape index (κ2) is 7.16. The minimum absolute atomic E-state index is 0. The van der Waals surface area contributed by atoms with E-state index in [0.717, 1.165) is 0 Å². The molecule has 92 valence electrons. The Bertz CT molecular complexity index is 372. The highest BCUT2D eigenvalue weighted by Crippen LogP contribution is 2.27. The number of anilines is 1. The van der Waals surface area contributed by atoms with Crippen molar-refractivity contribution in [2.24, 2.45) is 5.73 Å². The summed E-state index contributed by atoms with van der Waals surface area (Å²) in [6.07, 6.45) is 0. The summed E-state index contributed by atoms with van der Waals surface area (Å²) >= 11 is 0. The average molecular weight is 269 g/mol. The zero-order valence-electron chi connectivity index (χ0n) is 8.60. The van der Waals surface area contributed by atoms with Gasteiger partial charge in [0.15, 0.2) is 0 Å². The lowest BCUT2D eigenvalue weighted by atomic mass is 10.1. The van der Waals surface area contributed by atoms with E-state index >= 15 is 0 Å². The van der Waals surface area contributed by atoms with Crippen LogP contribution in [0.5, 0.6) is 5.75 Å². The number of halogens is 2. The van der Waals surface area contributed by atoms with Crippen molar-refractivity contribution in [3.05, 3.63) is 23.3 Å². The van der Waals surface area contributed by atoms with Crippen LogP contribution in [0.25, 0.3) is 0 Å². The number of aromatic carboxylic acids is 1. The van der Waals surface area contributed by atoms with Crippen LogP contribution in [0.15, 0.2) is 12.1 Å². The Morgan fingerprint density at radius 3 is 2.38 bits per heavy atom. The highest BCUT2D eigenvalue weighted by Gasteiger charge is 2.11. The largest absolute Gasteiger partial charge is 0.494 e. The predicted octanol–water partition coefficient (Wildman–Crippen LogP) is 1.28. The number of methoxy groups -OCH3 is 1. The lowest BCUT2D eigenvalue weighted by molar-refractivity contribution is 0.0697. The van der Waals surface area contributed by atoms with Crippen LogP contribution in [-0.2, 0) is 6.54 Å². The Morgan fingerprint density at radius 2 is 2.00 bits per heavy atom. The number of hydrogen-bond acceptors (Lipinski definition) is 4. The molecular formula is C9H14Cl2N2O3. The standard InChI is InChI=1S/C9H12N2O3.2ClH/c1-14-8-6(4-10)2-5(9(12)13)3-7(8)11;;/h2-3H,4,10-11H2,1H3,(H,12,13);2*1H. The Hall–Kier alpha value is -1.17. The predicted molar refractivity (Wildman–Crippen MR) is 66.8 cm³/mol. The first-order valence-corrected chi connectivity index (χ1v) is 4.00. The van der Waals surface area contributed by atoms with Crippen LogP contribution in [-0.4, -0.2) is 18.2 Å². The smallest absolute Gasteiger partial charge is 0.335 e. The van der Waals surface area contributed by atoms with Crippen LogP contribution < -0.4 is 16.2 Å². The van der Waals surface area contributed by atoms with Gasteiger partial charge in [0, 0.05) is 12.1 Å². The lowest BCUT2D eigenvalue weighted by Gasteiger charge is -2.10. The van der Waals surface area contributed by atoms with Gasteiger partial charge in [0.05, 0.1) is 18.4 Å². The third-order valence-electron chi connectivity index (χ3n) is 1.87. The highest BCUT2D eigenvalue weighted by molar-refractivity contribution is 5.90. The first-order valence-electron chi connectivity index (χ1n) is 4.00. The number of hydrogen-bond donors (Lipinski definition) is 3. The summed E-state index contributed by atoms with van der Waals surface area (Å²) in [5, 5.41) is 8.76. The number of nitrogens with two attached hydrogens (primary N) is 2. The minimum atomic E-state index is -1.03. The molecule has 0 saturated carbocycles. The molecule has 5 N–H and O–H groups in total. The first-order chi connectivity index (χ1) is 6.60. The number of carbonyl (C=O) groups is 1. The molecule has 0 bridgehead atoms. The third kappa shape index (κ3) is 3.44. The molecule has 0 radical (unpaired) electrons. The second-order valence-electron chi connectivity index (χ2n) is 2.77. The first kappa shape index (κ1) is 17.2. The molecule has 0 aliphatic carbocycles. The van der Waals surface area contributed by atoms with Gasteiger partial charge < -0.3 is 21.3 Å². The molecule has 0 spiro atoms. The number of carboxylic acid groups (broad SMARTS) is 1. The maximum absolute atomic E-state index is 10.7. The van der Waals surface area contributed by atoms with E-state index in [2.05, 4.69) is 0 Å². The van der Waals surface area contributed by atoms with E-state index in [1.165, 1.54) is 19.2 Å². The fourth-order valence-electron chi connectivity index (χ4n) is 1.24. The van der Waals surface area contributed by atoms with E-state index < -0.39 is 5.97 Å². The fraction of sp³-hybridized carbons (Fsp3) is 0.222. The zero-order valence-corrected chi connectivity index (χ0v) is 10.2. The molecule has 0 atom stereocenters. The van der Waals surface area contributed by atoms with Crippen LogP contribution >= 0.6 is 24.8 Å². The van der Waals surface area contributed by atoms with Crippen LogP contribution in [0, 0.1) is 0 Å². The summed E-state index contributed by atoms with van der Waals surface area (Å²) in [5.41, 5.74) is 12.0. The van der Waals surface area contributed by atoms with Gasteiger partial charge in [-0.3, -0.25) is 0 Å². The maximum atomic E-state index is 10.7. The summed E-state index contributed by atoms with van der Waals surface area (Å²) in [6.45, 7) is 0.189. The molecule has 7 heteroatoms. The van der Waals surface area contributed by atoms with Crippen LogP contribution in [0.4, 0.5) is 5.69 Å². The number of rotatable bonds is 3. The van der Waals surface area contributed by atoms with Gasteiger partial charge in [0.1, 0.15) is 5.75 Å². The van der Waals surface area contributed by atoms with Crippen molar-refractivity contribution < 1.29 is 14.6 Å². The molecule has 5 nitrogen and oxygen atoms in total.